The van der Waals surface area contributed by atoms with Crippen LogP contribution in [0, 0.1) is 0 Å². The van der Waals surface area contributed by atoms with E-state index in [4.69, 9.17) is 4.74 Å². The fourth-order valence-corrected chi connectivity index (χ4v) is 2.33. The second-order valence-corrected chi connectivity index (χ2v) is 5.54. The van der Waals surface area contributed by atoms with Gasteiger partial charge in [-0.25, -0.2) is 4.98 Å². The zero-order valence-electron chi connectivity index (χ0n) is 14.2. The number of ether oxygens (including phenoxy) is 1. The summed E-state index contributed by atoms with van der Waals surface area (Å²) < 4.78 is 6.76. The maximum atomic E-state index is 12.3. The molecule has 3 aromatic rings. The summed E-state index contributed by atoms with van der Waals surface area (Å²) in [6, 6.07) is 13.8. The Morgan fingerprint density at radius 2 is 1.65 bits per heavy atom. The number of nitrogens with one attached hydrogen (secondary N) is 2. The van der Waals surface area contributed by atoms with E-state index in [0.717, 1.165) is 5.75 Å². The second-order valence-electron chi connectivity index (χ2n) is 5.54. The summed E-state index contributed by atoms with van der Waals surface area (Å²) in [4.78, 5) is 28.1. The minimum atomic E-state index is -0.230. The molecule has 0 fully saturated rings. The highest BCUT2D eigenvalue weighted by molar-refractivity contribution is 6.04. The number of amides is 2. The predicted octanol–water partition coefficient (Wildman–Crippen LogP) is 2.78. The SMILES string of the molecule is COc1ccc(NC(=O)c2ccc(NC(=O)Cn3ccnc3)cc2)cc1. The summed E-state index contributed by atoms with van der Waals surface area (Å²) in [6.07, 6.45) is 4.90. The van der Waals surface area contributed by atoms with Crippen LogP contribution in [0.15, 0.2) is 67.3 Å². The number of carbonyl (C=O) groups is 2. The van der Waals surface area contributed by atoms with Crippen LogP contribution in [-0.4, -0.2) is 28.5 Å². The first-order valence-corrected chi connectivity index (χ1v) is 7.95. The molecule has 0 saturated carbocycles. The molecule has 7 nitrogen and oxygen atoms in total. The van der Waals surface area contributed by atoms with Gasteiger partial charge in [0.05, 0.1) is 13.4 Å². The van der Waals surface area contributed by atoms with Gasteiger partial charge in [-0.1, -0.05) is 0 Å². The van der Waals surface area contributed by atoms with E-state index in [1.807, 2.05) is 0 Å². The van der Waals surface area contributed by atoms with Gasteiger partial charge in [-0.3, -0.25) is 9.59 Å². The zero-order valence-corrected chi connectivity index (χ0v) is 14.2. The van der Waals surface area contributed by atoms with Crippen LogP contribution < -0.4 is 15.4 Å². The Hall–Kier alpha value is -3.61. The molecule has 2 N–H and O–H groups in total. The lowest BCUT2D eigenvalue weighted by Crippen LogP contribution is -2.18. The summed E-state index contributed by atoms with van der Waals surface area (Å²) in [5, 5.41) is 5.58. The van der Waals surface area contributed by atoms with Crippen molar-refractivity contribution in [1.82, 2.24) is 9.55 Å². The minimum Gasteiger partial charge on any atom is -0.497 e. The van der Waals surface area contributed by atoms with Gasteiger partial charge in [-0.15, -0.1) is 0 Å². The molecule has 2 aromatic carbocycles. The van der Waals surface area contributed by atoms with Crippen LogP contribution in [0.5, 0.6) is 5.75 Å². The van der Waals surface area contributed by atoms with Crippen LogP contribution in [0.2, 0.25) is 0 Å². The first kappa shape index (κ1) is 17.2. The van der Waals surface area contributed by atoms with Crippen molar-refractivity contribution in [3.05, 3.63) is 72.8 Å². The molecule has 0 radical (unpaired) electrons. The quantitative estimate of drug-likeness (QED) is 0.716. The molecule has 0 aliphatic rings. The van der Waals surface area contributed by atoms with Crippen LogP contribution in [0.3, 0.4) is 0 Å². The third kappa shape index (κ3) is 4.47. The summed E-state index contributed by atoms with van der Waals surface area (Å²) in [6.45, 7) is 0.180. The molecule has 0 aliphatic heterocycles. The maximum absolute atomic E-state index is 12.3. The number of nitrogens with zero attached hydrogens (tertiary/aromatic N) is 2. The molecule has 1 aromatic heterocycles. The summed E-state index contributed by atoms with van der Waals surface area (Å²) in [5.41, 5.74) is 1.79. The lowest BCUT2D eigenvalue weighted by Gasteiger charge is -2.08. The number of rotatable bonds is 6. The normalized spacial score (nSPS) is 10.2. The van der Waals surface area contributed by atoms with Crippen LogP contribution in [-0.2, 0) is 11.3 Å². The third-order valence-electron chi connectivity index (χ3n) is 3.66. The smallest absolute Gasteiger partial charge is 0.255 e. The van der Waals surface area contributed by atoms with Crippen LogP contribution in [0.25, 0.3) is 0 Å². The monoisotopic (exact) mass is 350 g/mol. The van der Waals surface area contributed by atoms with Gasteiger partial charge < -0.3 is 19.9 Å². The Labute approximate surface area is 150 Å². The van der Waals surface area contributed by atoms with E-state index >= 15 is 0 Å². The van der Waals surface area contributed by atoms with Gasteiger partial charge in [0.1, 0.15) is 12.3 Å². The summed E-state index contributed by atoms with van der Waals surface area (Å²) >= 11 is 0. The van der Waals surface area contributed by atoms with E-state index in [0.29, 0.717) is 16.9 Å². The molecule has 26 heavy (non-hydrogen) atoms. The zero-order chi connectivity index (χ0) is 18.4. The highest BCUT2D eigenvalue weighted by atomic mass is 16.5. The van der Waals surface area contributed by atoms with E-state index < -0.39 is 0 Å². The van der Waals surface area contributed by atoms with Crippen molar-refractivity contribution in [2.24, 2.45) is 0 Å². The number of imidazole rings is 1. The number of methoxy groups -OCH3 is 1. The Balaban J connectivity index is 1.57. The fourth-order valence-electron chi connectivity index (χ4n) is 2.33. The Morgan fingerprint density at radius 3 is 2.27 bits per heavy atom. The average Bonchev–Trinajstić information content (AvgIpc) is 3.15. The van der Waals surface area contributed by atoms with E-state index in [1.165, 1.54) is 0 Å². The van der Waals surface area contributed by atoms with Gasteiger partial charge in [-0.05, 0) is 48.5 Å². The molecule has 0 unspecified atom stereocenters. The second kappa shape index (κ2) is 7.98. The lowest BCUT2D eigenvalue weighted by molar-refractivity contribution is -0.116. The third-order valence-corrected chi connectivity index (χ3v) is 3.66. The Morgan fingerprint density at radius 1 is 1.00 bits per heavy atom. The highest BCUT2D eigenvalue weighted by Gasteiger charge is 2.08. The van der Waals surface area contributed by atoms with Crippen LogP contribution >= 0.6 is 0 Å². The number of benzene rings is 2. The molecule has 0 bridgehead atoms. The lowest BCUT2D eigenvalue weighted by atomic mass is 10.2. The molecule has 1 heterocycles. The molecule has 0 aliphatic carbocycles. The van der Waals surface area contributed by atoms with Crippen molar-refractivity contribution < 1.29 is 14.3 Å². The first-order chi connectivity index (χ1) is 12.6. The first-order valence-electron chi connectivity index (χ1n) is 7.95. The average molecular weight is 350 g/mol. The van der Waals surface area contributed by atoms with Gasteiger partial charge in [-0.2, -0.15) is 0 Å². The van der Waals surface area contributed by atoms with E-state index in [-0.39, 0.29) is 18.4 Å². The fraction of sp³-hybridized carbons (Fsp3) is 0.105. The van der Waals surface area contributed by atoms with Gasteiger partial charge in [0.15, 0.2) is 0 Å². The highest BCUT2D eigenvalue weighted by Crippen LogP contribution is 2.16. The van der Waals surface area contributed by atoms with Crippen LogP contribution in [0.1, 0.15) is 10.4 Å². The van der Waals surface area contributed by atoms with Crippen LogP contribution in [0.4, 0.5) is 11.4 Å². The molecule has 0 saturated heterocycles. The maximum Gasteiger partial charge on any atom is 0.255 e. The van der Waals surface area contributed by atoms with E-state index in [2.05, 4.69) is 15.6 Å². The largest absolute Gasteiger partial charge is 0.497 e. The van der Waals surface area contributed by atoms with E-state index in [1.54, 1.807) is 78.9 Å². The van der Waals surface area contributed by atoms with Crippen molar-refractivity contribution in [3.63, 3.8) is 0 Å². The van der Waals surface area contributed by atoms with Crippen molar-refractivity contribution >= 4 is 23.2 Å². The number of aromatic nitrogens is 2. The molecule has 7 heteroatoms. The standard InChI is InChI=1S/C19H18N4O3/c1-26-17-8-6-16(7-9-17)22-19(25)14-2-4-15(5-3-14)21-18(24)12-23-11-10-20-13-23/h2-11,13H,12H2,1H3,(H,21,24)(H,22,25). The van der Waals surface area contributed by atoms with Gasteiger partial charge >= 0.3 is 0 Å². The van der Waals surface area contributed by atoms with Crippen molar-refractivity contribution in [3.8, 4) is 5.75 Å². The van der Waals surface area contributed by atoms with Gasteiger partial charge in [0, 0.05) is 29.3 Å². The molecule has 132 valence electrons. The molecule has 2 amide bonds. The molecular weight excluding hydrogens is 332 g/mol. The Bertz CT molecular complexity index is 872. The molecule has 3 rings (SSSR count). The van der Waals surface area contributed by atoms with Crippen molar-refractivity contribution in [2.75, 3.05) is 17.7 Å². The summed E-state index contributed by atoms with van der Waals surface area (Å²) in [7, 11) is 1.59. The summed E-state index contributed by atoms with van der Waals surface area (Å²) in [5.74, 6) is 0.323. The van der Waals surface area contributed by atoms with Crippen molar-refractivity contribution in [1.29, 1.82) is 0 Å². The van der Waals surface area contributed by atoms with Gasteiger partial charge in [0.2, 0.25) is 5.91 Å². The van der Waals surface area contributed by atoms with Gasteiger partial charge in [0.25, 0.3) is 5.91 Å². The predicted molar refractivity (Wildman–Crippen MR) is 98.2 cm³/mol. The molecule has 0 spiro atoms. The molecule has 0 atom stereocenters. The van der Waals surface area contributed by atoms with Crippen molar-refractivity contribution in [2.45, 2.75) is 6.54 Å². The number of hydrogen-bond donors (Lipinski definition) is 2. The number of hydrogen-bond acceptors (Lipinski definition) is 4. The topological polar surface area (TPSA) is 85.3 Å². The Kier molecular flexibility index (Phi) is 5.28. The number of anilines is 2. The minimum absolute atomic E-state index is 0.168. The molecular formula is C19H18N4O3. The van der Waals surface area contributed by atoms with E-state index in [9.17, 15) is 9.59 Å². The number of carbonyl (C=O) groups excluding carboxylic acids is 2.